The van der Waals surface area contributed by atoms with Gasteiger partial charge in [-0.15, -0.1) is 0 Å². The molecule has 0 unspecified atom stereocenters. The SMILES string of the molecule is Oc1ccccc1N1CCN(Cc2nc(-c3ccc(F)cc3)no2)CC1. The van der Waals surface area contributed by atoms with E-state index in [1.165, 1.54) is 12.1 Å². The van der Waals surface area contributed by atoms with E-state index in [1.54, 1.807) is 18.2 Å². The Bertz CT molecular complexity index is 873. The number of aromatic hydroxyl groups is 1. The lowest BCUT2D eigenvalue weighted by Crippen LogP contribution is -2.46. The Morgan fingerprint density at radius 3 is 2.46 bits per heavy atom. The van der Waals surface area contributed by atoms with E-state index in [4.69, 9.17) is 4.52 Å². The summed E-state index contributed by atoms with van der Waals surface area (Å²) in [4.78, 5) is 8.80. The Kier molecular flexibility index (Phi) is 4.53. The molecule has 0 atom stereocenters. The number of phenols is 1. The van der Waals surface area contributed by atoms with Crippen molar-refractivity contribution in [3.05, 3.63) is 60.2 Å². The number of piperazine rings is 1. The second-order valence-electron chi connectivity index (χ2n) is 6.27. The van der Waals surface area contributed by atoms with Crippen LogP contribution in [0.3, 0.4) is 0 Å². The zero-order chi connectivity index (χ0) is 17.9. The van der Waals surface area contributed by atoms with Crippen LogP contribution < -0.4 is 4.90 Å². The molecule has 0 amide bonds. The lowest BCUT2D eigenvalue weighted by atomic mass is 10.2. The second-order valence-corrected chi connectivity index (χ2v) is 6.27. The van der Waals surface area contributed by atoms with E-state index in [9.17, 15) is 9.50 Å². The highest BCUT2D eigenvalue weighted by Gasteiger charge is 2.21. The fraction of sp³-hybridized carbons (Fsp3) is 0.263. The molecular formula is C19H19FN4O2. The van der Waals surface area contributed by atoms with Crippen molar-refractivity contribution in [2.45, 2.75) is 6.54 Å². The maximum absolute atomic E-state index is 13.0. The van der Waals surface area contributed by atoms with Crippen LogP contribution in [0.15, 0.2) is 53.1 Å². The normalized spacial score (nSPS) is 15.3. The lowest BCUT2D eigenvalue weighted by molar-refractivity contribution is 0.215. The lowest BCUT2D eigenvalue weighted by Gasteiger charge is -2.35. The maximum Gasteiger partial charge on any atom is 0.241 e. The fourth-order valence-electron chi connectivity index (χ4n) is 3.11. The van der Waals surface area contributed by atoms with Crippen LogP contribution in [0.1, 0.15) is 5.89 Å². The van der Waals surface area contributed by atoms with Gasteiger partial charge >= 0.3 is 0 Å². The number of halogens is 1. The average Bonchev–Trinajstić information content (AvgIpc) is 3.12. The number of nitrogens with zero attached hydrogens (tertiary/aromatic N) is 4. The van der Waals surface area contributed by atoms with Crippen LogP contribution in [-0.2, 0) is 6.54 Å². The summed E-state index contributed by atoms with van der Waals surface area (Å²) in [6.45, 7) is 3.88. The predicted molar refractivity (Wildman–Crippen MR) is 95.3 cm³/mol. The van der Waals surface area contributed by atoms with Crippen LogP contribution in [0.25, 0.3) is 11.4 Å². The van der Waals surface area contributed by atoms with E-state index in [1.807, 2.05) is 18.2 Å². The van der Waals surface area contributed by atoms with Crippen molar-refractivity contribution < 1.29 is 14.0 Å². The molecule has 1 saturated heterocycles. The number of para-hydroxylation sites is 2. The number of rotatable bonds is 4. The van der Waals surface area contributed by atoms with Gasteiger partial charge < -0.3 is 14.5 Å². The topological polar surface area (TPSA) is 65.6 Å². The van der Waals surface area contributed by atoms with Crippen molar-refractivity contribution in [1.82, 2.24) is 15.0 Å². The predicted octanol–water partition coefficient (Wildman–Crippen LogP) is 2.90. The average molecular weight is 354 g/mol. The van der Waals surface area contributed by atoms with E-state index in [2.05, 4.69) is 19.9 Å². The summed E-state index contributed by atoms with van der Waals surface area (Å²) < 4.78 is 18.3. The molecule has 0 saturated carbocycles. The molecule has 134 valence electrons. The molecule has 1 aliphatic rings. The molecule has 1 aliphatic heterocycles. The first kappa shape index (κ1) is 16.5. The van der Waals surface area contributed by atoms with Crippen molar-refractivity contribution in [2.24, 2.45) is 0 Å². The third-order valence-electron chi connectivity index (χ3n) is 4.52. The zero-order valence-corrected chi connectivity index (χ0v) is 14.2. The van der Waals surface area contributed by atoms with Gasteiger partial charge in [-0.2, -0.15) is 4.98 Å². The van der Waals surface area contributed by atoms with Crippen LogP contribution >= 0.6 is 0 Å². The molecule has 7 heteroatoms. The number of hydrogen-bond donors (Lipinski definition) is 1. The largest absolute Gasteiger partial charge is 0.506 e. The van der Waals surface area contributed by atoms with Crippen molar-refractivity contribution in [3.8, 4) is 17.1 Å². The molecule has 0 radical (unpaired) electrons. The second kappa shape index (κ2) is 7.13. The Morgan fingerprint density at radius 2 is 1.73 bits per heavy atom. The molecule has 0 bridgehead atoms. The summed E-state index contributed by atoms with van der Waals surface area (Å²) in [5, 5.41) is 14.0. The first-order chi connectivity index (χ1) is 12.7. The van der Waals surface area contributed by atoms with Gasteiger partial charge in [0, 0.05) is 31.7 Å². The third kappa shape index (κ3) is 3.52. The van der Waals surface area contributed by atoms with Gasteiger partial charge in [0.2, 0.25) is 11.7 Å². The molecule has 1 aromatic heterocycles. The van der Waals surface area contributed by atoms with Gasteiger partial charge in [-0.1, -0.05) is 17.3 Å². The molecule has 6 nitrogen and oxygen atoms in total. The minimum absolute atomic E-state index is 0.292. The summed E-state index contributed by atoms with van der Waals surface area (Å²) in [5.41, 5.74) is 1.59. The molecule has 1 N–H and O–H groups in total. The highest BCUT2D eigenvalue weighted by atomic mass is 19.1. The minimum Gasteiger partial charge on any atom is -0.506 e. The van der Waals surface area contributed by atoms with Crippen LogP contribution in [0.5, 0.6) is 5.75 Å². The Labute approximate surface area is 150 Å². The van der Waals surface area contributed by atoms with Crippen molar-refractivity contribution in [1.29, 1.82) is 0 Å². The molecule has 1 fully saturated rings. The van der Waals surface area contributed by atoms with Crippen LogP contribution in [-0.4, -0.2) is 46.3 Å². The van der Waals surface area contributed by atoms with Crippen LogP contribution in [0.4, 0.5) is 10.1 Å². The quantitative estimate of drug-likeness (QED) is 0.777. The molecule has 26 heavy (non-hydrogen) atoms. The van der Waals surface area contributed by atoms with Crippen molar-refractivity contribution >= 4 is 5.69 Å². The first-order valence-electron chi connectivity index (χ1n) is 8.53. The summed E-state index contributed by atoms with van der Waals surface area (Å²) in [5.74, 6) is 1.02. The molecule has 4 rings (SSSR count). The number of phenolic OH excluding ortho intramolecular Hbond substituents is 1. The van der Waals surface area contributed by atoms with Crippen LogP contribution in [0, 0.1) is 5.82 Å². The van der Waals surface area contributed by atoms with E-state index in [0.29, 0.717) is 24.0 Å². The van der Waals surface area contributed by atoms with E-state index >= 15 is 0 Å². The van der Waals surface area contributed by atoms with Crippen LogP contribution in [0.2, 0.25) is 0 Å². The summed E-state index contributed by atoms with van der Waals surface area (Å²) in [6, 6.07) is 13.4. The smallest absolute Gasteiger partial charge is 0.241 e. The van der Waals surface area contributed by atoms with Gasteiger partial charge in [0.15, 0.2) is 0 Å². The van der Waals surface area contributed by atoms with Gasteiger partial charge in [-0.05, 0) is 36.4 Å². The molecule has 2 aromatic carbocycles. The van der Waals surface area contributed by atoms with E-state index in [0.717, 1.165) is 37.4 Å². The minimum atomic E-state index is -0.292. The van der Waals surface area contributed by atoms with Gasteiger partial charge in [0.1, 0.15) is 11.6 Å². The Balaban J connectivity index is 1.36. The van der Waals surface area contributed by atoms with Crippen molar-refractivity contribution in [3.63, 3.8) is 0 Å². The van der Waals surface area contributed by atoms with E-state index < -0.39 is 0 Å². The summed E-state index contributed by atoms with van der Waals surface area (Å²) >= 11 is 0. The summed E-state index contributed by atoms with van der Waals surface area (Å²) in [7, 11) is 0. The maximum atomic E-state index is 13.0. The standard InChI is InChI=1S/C19H19FN4O2/c20-15-7-5-14(6-8-15)19-21-18(26-22-19)13-23-9-11-24(12-10-23)16-3-1-2-4-17(16)25/h1-8,25H,9-13H2. The highest BCUT2D eigenvalue weighted by molar-refractivity contribution is 5.57. The Hall–Kier alpha value is -2.93. The first-order valence-corrected chi connectivity index (χ1v) is 8.53. The van der Waals surface area contributed by atoms with Crippen molar-refractivity contribution in [2.75, 3.05) is 31.1 Å². The third-order valence-corrected chi connectivity index (χ3v) is 4.52. The number of hydrogen-bond acceptors (Lipinski definition) is 6. The molecule has 3 aromatic rings. The zero-order valence-electron chi connectivity index (χ0n) is 14.2. The molecular weight excluding hydrogens is 335 g/mol. The molecule has 2 heterocycles. The van der Waals surface area contributed by atoms with E-state index in [-0.39, 0.29) is 5.82 Å². The molecule has 0 aliphatic carbocycles. The number of benzene rings is 2. The van der Waals surface area contributed by atoms with Gasteiger partial charge in [-0.25, -0.2) is 4.39 Å². The van der Waals surface area contributed by atoms with Gasteiger partial charge in [0.25, 0.3) is 0 Å². The number of aromatic nitrogens is 2. The van der Waals surface area contributed by atoms with Gasteiger partial charge in [-0.3, -0.25) is 4.90 Å². The summed E-state index contributed by atoms with van der Waals surface area (Å²) in [6.07, 6.45) is 0. The monoisotopic (exact) mass is 354 g/mol. The molecule has 0 spiro atoms. The number of anilines is 1. The van der Waals surface area contributed by atoms with Gasteiger partial charge in [0.05, 0.1) is 12.2 Å². The fourth-order valence-corrected chi connectivity index (χ4v) is 3.11. The highest BCUT2D eigenvalue weighted by Crippen LogP contribution is 2.27. The Morgan fingerprint density at radius 1 is 1.00 bits per heavy atom.